The zero-order valence-electron chi connectivity index (χ0n) is 30.1. The normalized spacial score (nSPS) is 20.2. The maximum atomic E-state index is 12.3. The van der Waals surface area contributed by atoms with E-state index in [0.717, 1.165) is 37.6 Å². The molecule has 16 heteroatoms. The van der Waals surface area contributed by atoms with Crippen molar-refractivity contribution in [1.82, 2.24) is 15.5 Å². The molecule has 1 aromatic heterocycles. The number of aromatic amines is 1. The van der Waals surface area contributed by atoms with Gasteiger partial charge in [0.2, 0.25) is 24.2 Å². The van der Waals surface area contributed by atoms with Crippen LogP contribution in [0, 0.1) is 0 Å². The van der Waals surface area contributed by atoms with E-state index in [4.69, 9.17) is 28.4 Å². The molecule has 1 aliphatic rings. The molecule has 3 N–H and O–H groups in total. The number of aryl methyl sites for hydroxylation is 1. The summed E-state index contributed by atoms with van der Waals surface area (Å²) >= 11 is 0. The third-order valence-corrected chi connectivity index (χ3v) is 7.87. The fraction of sp³-hybridized carbons (Fsp3) is 0.571. The molecule has 5 atom stereocenters. The van der Waals surface area contributed by atoms with Gasteiger partial charge in [-0.15, -0.1) is 5.10 Å². The number of nitrogens with one attached hydrogen (secondary N) is 2. The van der Waals surface area contributed by atoms with Gasteiger partial charge >= 0.3 is 29.8 Å². The van der Waals surface area contributed by atoms with Crippen LogP contribution in [-0.4, -0.2) is 93.9 Å². The molecule has 1 saturated heterocycles. The smallest absolute Gasteiger partial charge is 0.328 e. The quantitative estimate of drug-likeness (QED) is 0.168. The van der Waals surface area contributed by atoms with Crippen molar-refractivity contribution in [1.29, 1.82) is 0 Å². The summed E-state index contributed by atoms with van der Waals surface area (Å²) in [6.07, 6.45) is -5.14. The first-order chi connectivity index (χ1) is 23.9. The Kier molecular flexibility index (Phi) is 14.1. The summed E-state index contributed by atoms with van der Waals surface area (Å²) in [7, 11) is 0. The number of benzene rings is 1. The van der Waals surface area contributed by atoms with Gasteiger partial charge in [0.25, 0.3) is 0 Å². The van der Waals surface area contributed by atoms with Crippen LogP contribution in [0.4, 0.5) is 0 Å². The molecule has 2 aromatic rings. The molecule has 16 nitrogen and oxygen atoms in total. The zero-order chi connectivity index (χ0) is 38.0. The van der Waals surface area contributed by atoms with Crippen LogP contribution >= 0.6 is 0 Å². The van der Waals surface area contributed by atoms with E-state index in [-0.39, 0.29) is 24.1 Å². The Balaban J connectivity index is 1.86. The maximum absolute atomic E-state index is 12.3. The molecule has 3 rings (SSSR count). The van der Waals surface area contributed by atoms with Crippen molar-refractivity contribution in [3.8, 4) is 5.88 Å². The van der Waals surface area contributed by atoms with Crippen LogP contribution in [0.5, 0.6) is 5.88 Å². The van der Waals surface area contributed by atoms with Gasteiger partial charge < -0.3 is 38.8 Å². The van der Waals surface area contributed by atoms with Gasteiger partial charge in [-0.3, -0.25) is 29.1 Å². The minimum Gasteiger partial charge on any atom is -0.480 e. The number of ether oxygens (including phenoxy) is 6. The number of hydrogen-bond donors (Lipinski definition) is 3. The molecule has 2 heterocycles. The van der Waals surface area contributed by atoms with Gasteiger partial charge in [0.15, 0.2) is 12.2 Å². The molecule has 1 aliphatic heterocycles. The number of amides is 1. The molecule has 280 valence electrons. The van der Waals surface area contributed by atoms with Crippen molar-refractivity contribution in [2.24, 2.45) is 0 Å². The lowest BCUT2D eigenvalue weighted by Crippen LogP contribution is -2.63. The van der Waals surface area contributed by atoms with Crippen LogP contribution in [0.2, 0.25) is 0 Å². The lowest BCUT2D eigenvalue weighted by Gasteiger charge is -2.43. The summed E-state index contributed by atoms with van der Waals surface area (Å²) in [5.41, 5.74) is 1.96. The average Bonchev–Trinajstić information content (AvgIpc) is 3.41. The summed E-state index contributed by atoms with van der Waals surface area (Å²) in [6, 6.07) is 7.73. The summed E-state index contributed by atoms with van der Waals surface area (Å²) in [5, 5.41) is 19.1. The second-order valence-electron chi connectivity index (χ2n) is 13.1. The van der Waals surface area contributed by atoms with Gasteiger partial charge in [-0.05, 0) is 43.7 Å². The van der Waals surface area contributed by atoms with Crippen molar-refractivity contribution in [3.63, 3.8) is 0 Å². The SMILES string of the molecule is CC(=O)OC[C@H]1O[C@@H](Oc2n[nH]c(C(C)C)c2Cc2ccc(CCCC(=O)NC(C)(C)C(=O)O)cc2)[C@H](OC(C)=O)[C@@H](OC(C)=O)[C@@H]1OC(C)=O. The van der Waals surface area contributed by atoms with Crippen LogP contribution in [0.25, 0.3) is 0 Å². The molecular formula is C35H47N3O13. The van der Waals surface area contributed by atoms with Gasteiger partial charge in [0.1, 0.15) is 18.2 Å². The summed E-state index contributed by atoms with van der Waals surface area (Å²) < 4.78 is 34.0. The molecule has 1 fully saturated rings. The molecule has 0 radical (unpaired) electrons. The number of nitrogens with zero attached hydrogens (tertiary/aromatic N) is 1. The first kappa shape index (κ1) is 40.4. The first-order valence-electron chi connectivity index (χ1n) is 16.5. The lowest BCUT2D eigenvalue weighted by molar-refractivity contribution is -0.289. The highest BCUT2D eigenvalue weighted by molar-refractivity contribution is 5.86. The molecule has 1 amide bonds. The van der Waals surface area contributed by atoms with Gasteiger partial charge in [-0.1, -0.05) is 38.1 Å². The van der Waals surface area contributed by atoms with E-state index in [1.807, 2.05) is 38.1 Å². The van der Waals surface area contributed by atoms with Crippen molar-refractivity contribution < 1.29 is 62.3 Å². The second-order valence-corrected chi connectivity index (χ2v) is 13.1. The minimum atomic E-state index is -1.45. The van der Waals surface area contributed by atoms with E-state index in [0.29, 0.717) is 24.8 Å². The van der Waals surface area contributed by atoms with Gasteiger partial charge in [-0.25, -0.2) is 4.79 Å². The number of carboxylic acids is 1. The van der Waals surface area contributed by atoms with E-state index in [1.54, 1.807) is 0 Å². The zero-order valence-corrected chi connectivity index (χ0v) is 30.1. The minimum absolute atomic E-state index is 0.0169. The number of aromatic nitrogens is 2. The summed E-state index contributed by atoms with van der Waals surface area (Å²) in [4.78, 5) is 71.7. The molecule has 0 unspecified atom stereocenters. The predicted octanol–water partition coefficient (Wildman–Crippen LogP) is 2.89. The fourth-order valence-electron chi connectivity index (χ4n) is 5.45. The Morgan fingerprint density at radius 1 is 0.882 bits per heavy atom. The highest BCUT2D eigenvalue weighted by Gasteiger charge is 2.53. The molecule has 1 aromatic carbocycles. The third kappa shape index (κ3) is 11.8. The molecule has 0 spiro atoms. The van der Waals surface area contributed by atoms with Gasteiger partial charge in [0.05, 0.1) is 0 Å². The van der Waals surface area contributed by atoms with Crippen molar-refractivity contribution in [2.75, 3.05) is 6.61 Å². The van der Waals surface area contributed by atoms with Crippen LogP contribution in [0.1, 0.15) is 96.5 Å². The highest BCUT2D eigenvalue weighted by atomic mass is 16.7. The standard InChI is InChI=1S/C35H47N3O13/c1-18(2)28-25(16-24-14-12-23(13-15-24)10-9-11-27(43)36-35(7,8)34(44)45)32(38-37-28)51-33-31(49-22(6)42)30(48-21(5)41)29(47-20(4)40)26(50-33)17-46-19(3)39/h12-15,18,26,29-31,33H,9-11,16-17H2,1-8H3,(H,36,43)(H,37,38)(H,44,45)/t26-,29-,30+,31-,33+/m1/s1. The number of rotatable bonds is 16. The summed E-state index contributed by atoms with van der Waals surface area (Å²) in [5.74, 6) is -4.28. The number of aliphatic carboxylic acids is 1. The van der Waals surface area contributed by atoms with Crippen LogP contribution in [0.15, 0.2) is 24.3 Å². The molecular weight excluding hydrogens is 670 g/mol. The van der Waals surface area contributed by atoms with E-state index in [2.05, 4.69) is 15.5 Å². The first-order valence-corrected chi connectivity index (χ1v) is 16.5. The number of carbonyl (C=O) groups is 6. The third-order valence-electron chi connectivity index (χ3n) is 7.87. The van der Waals surface area contributed by atoms with E-state index in [9.17, 15) is 33.9 Å². The Morgan fingerprint density at radius 2 is 1.45 bits per heavy atom. The number of esters is 4. The predicted molar refractivity (Wildman–Crippen MR) is 177 cm³/mol. The largest absolute Gasteiger partial charge is 0.480 e. The average molecular weight is 718 g/mol. The topological polar surface area (TPSA) is 219 Å². The maximum Gasteiger partial charge on any atom is 0.328 e. The Labute approximate surface area is 295 Å². The Hall–Kier alpha value is -4.99. The van der Waals surface area contributed by atoms with Crippen LogP contribution in [-0.2, 0) is 65.3 Å². The van der Waals surface area contributed by atoms with Crippen molar-refractivity contribution >= 4 is 35.8 Å². The highest BCUT2D eigenvalue weighted by Crippen LogP contribution is 2.34. The fourth-order valence-corrected chi connectivity index (χ4v) is 5.45. The Morgan fingerprint density at radius 3 is 2.00 bits per heavy atom. The Bertz CT molecular complexity index is 1570. The lowest BCUT2D eigenvalue weighted by atomic mass is 9.97. The monoisotopic (exact) mass is 717 g/mol. The van der Waals surface area contributed by atoms with Crippen LogP contribution in [0.3, 0.4) is 0 Å². The van der Waals surface area contributed by atoms with Crippen molar-refractivity contribution in [2.45, 2.75) is 123 Å². The number of carboxylic acid groups (broad SMARTS) is 1. The molecule has 0 saturated carbocycles. The van der Waals surface area contributed by atoms with E-state index in [1.165, 1.54) is 20.8 Å². The summed E-state index contributed by atoms with van der Waals surface area (Å²) in [6.45, 7) is 11.0. The number of H-pyrrole nitrogens is 1. The van der Waals surface area contributed by atoms with E-state index < -0.39 is 72.7 Å². The van der Waals surface area contributed by atoms with E-state index >= 15 is 0 Å². The van der Waals surface area contributed by atoms with Crippen molar-refractivity contribution in [3.05, 3.63) is 46.6 Å². The molecule has 0 aliphatic carbocycles. The number of carbonyl (C=O) groups excluding carboxylic acids is 5. The second kappa shape index (κ2) is 17.8. The molecule has 0 bridgehead atoms. The molecule has 51 heavy (non-hydrogen) atoms. The number of hydrogen-bond acceptors (Lipinski definition) is 13. The van der Waals surface area contributed by atoms with Crippen LogP contribution < -0.4 is 10.1 Å². The van der Waals surface area contributed by atoms with Gasteiger partial charge in [0, 0.05) is 51.8 Å². The van der Waals surface area contributed by atoms with Gasteiger partial charge in [-0.2, -0.15) is 0 Å².